The summed E-state index contributed by atoms with van der Waals surface area (Å²) in [5, 5.41) is 13.5. The third-order valence-electron chi connectivity index (χ3n) is 5.36. The smallest absolute Gasteiger partial charge is 0.240 e. The summed E-state index contributed by atoms with van der Waals surface area (Å²) in [7, 11) is 0.131. The van der Waals surface area contributed by atoms with E-state index >= 15 is 0 Å². The maximum Gasteiger partial charge on any atom is 0.240 e. The number of hydrogen-bond acceptors (Lipinski definition) is 8. The van der Waals surface area contributed by atoms with Crippen molar-refractivity contribution in [3.8, 4) is 16.9 Å². The Bertz CT molecular complexity index is 1390. The quantitative estimate of drug-likeness (QED) is 0.324. The van der Waals surface area contributed by atoms with E-state index in [1.54, 1.807) is 42.5 Å². The number of hydrogen-bond donors (Lipinski definition) is 5. The molecule has 9 nitrogen and oxygen atoms in total. The molecule has 5 N–H and O–H groups in total. The van der Waals surface area contributed by atoms with Gasteiger partial charge in [0.15, 0.2) is 0 Å². The van der Waals surface area contributed by atoms with Crippen LogP contribution in [0.3, 0.4) is 0 Å². The topological polar surface area (TPSA) is 118 Å². The highest BCUT2D eigenvalue weighted by Crippen LogP contribution is 2.39. The Morgan fingerprint density at radius 3 is 2.66 bits per heavy atom. The molecule has 0 unspecified atom stereocenters. The number of fused-ring (bicyclic) bond motifs is 1. The molecule has 0 aromatic heterocycles. The number of hydrazine groups is 1. The predicted molar refractivity (Wildman–Crippen MR) is 141 cm³/mol. The second kappa shape index (κ2) is 10.1. The molecule has 4 rings (SSSR count). The van der Waals surface area contributed by atoms with Crippen LogP contribution in [0.1, 0.15) is 5.56 Å². The number of phenolic OH excluding ortho intramolecular Hbond substituents is 1. The largest absolute Gasteiger partial charge is 0.508 e. The van der Waals surface area contributed by atoms with Crippen LogP contribution in [0, 0.1) is 6.92 Å². The molecule has 3 aromatic rings. The van der Waals surface area contributed by atoms with E-state index in [0.717, 1.165) is 22.5 Å². The number of sulfonamides is 1. The number of nitrogens with zero attached hydrogens (tertiary/aromatic N) is 2. The van der Waals surface area contributed by atoms with Gasteiger partial charge < -0.3 is 15.3 Å². The van der Waals surface area contributed by atoms with Gasteiger partial charge in [-0.15, -0.1) is 0 Å². The Labute approximate surface area is 209 Å². The molecule has 0 aliphatic carbocycles. The van der Waals surface area contributed by atoms with Crippen LogP contribution in [0.4, 0.5) is 17.1 Å². The summed E-state index contributed by atoms with van der Waals surface area (Å²) in [4.78, 5) is 6.72. The van der Waals surface area contributed by atoms with E-state index in [4.69, 9.17) is 11.6 Å². The molecule has 35 heavy (non-hydrogen) atoms. The van der Waals surface area contributed by atoms with E-state index < -0.39 is 10.0 Å². The number of phenols is 1. The van der Waals surface area contributed by atoms with Crippen LogP contribution in [0.2, 0.25) is 5.02 Å². The zero-order valence-corrected chi connectivity index (χ0v) is 21.1. The van der Waals surface area contributed by atoms with E-state index in [0.29, 0.717) is 35.3 Å². The lowest BCUT2D eigenvalue weighted by Crippen LogP contribution is -2.37. The highest BCUT2D eigenvalue weighted by molar-refractivity contribution is 7.89. The normalized spacial score (nSPS) is 13.0. The van der Waals surface area contributed by atoms with Gasteiger partial charge in [-0.3, -0.25) is 10.9 Å². The Hall–Kier alpha value is -3.31. The number of aryl methyl sites for hydroxylation is 1. The third kappa shape index (κ3) is 5.85. The minimum atomic E-state index is -3.63. The van der Waals surface area contributed by atoms with Gasteiger partial charge in [0.05, 0.1) is 16.3 Å². The standard InChI is InChI=1S/C24H27ClN6O3S/c1-15-11-16(20-14-18(32)7-8-21(20)25)12-22-23(15)28-24(30-29-22)27-17-5-4-6-19(13-17)35(33,34)26-9-10-31(2)3/h4-8,11-14,26,29,32H,9-10H2,1-3H3,(H2,27,28,30). The molecule has 0 amide bonds. The zero-order valence-electron chi connectivity index (χ0n) is 19.6. The minimum Gasteiger partial charge on any atom is -0.508 e. The summed E-state index contributed by atoms with van der Waals surface area (Å²) in [6, 6.07) is 15.2. The fourth-order valence-corrected chi connectivity index (χ4v) is 4.90. The summed E-state index contributed by atoms with van der Waals surface area (Å²) < 4.78 is 27.8. The highest BCUT2D eigenvalue weighted by atomic mass is 35.5. The lowest BCUT2D eigenvalue weighted by atomic mass is 10.0. The minimum absolute atomic E-state index is 0.132. The van der Waals surface area contributed by atoms with Gasteiger partial charge in [-0.2, -0.15) is 0 Å². The van der Waals surface area contributed by atoms with Gasteiger partial charge in [-0.1, -0.05) is 17.7 Å². The van der Waals surface area contributed by atoms with Gasteiger partial charge >= 0.3 is 0 Å². The van der Waals surface area contributed by atoms with Crippen molar-refractivity contribution in [3.63, 3.8) is 0 Å². The van der Waals surface area contributed by atoms with Crippen molar-refractivity contribution >= 4 is 44.6 Å². The molecule has 0 fully saturated rings. The number of aromatic hydroxyl groups is 1. The fraction of sp³-hybridized carbons (Fsp3) is 0.208. The lowest BCUT2D eigenvalue weighted by Gasteiger charge is -2.23. The maximum absolute atomic E-state index is 12.6. The summed E-state index contributed by atoms with van der Waals surface area (Å²) >= 11 is 6.33. The molecule has 11 heteroatoms. The molecule has 3 aromatic carbocycles. The summed E-state index contributed by atoms with van der Waals surface area (Å²) in [6.45, 7) is 2.85. The van der Waals surface area contributed by atoms with Crippen molar-refractivity contribution in [2.75, 3.05) is 37.9 Å². The van der Waals surface area contributed by atoms with Crippen molar-refractivity contribution in [2.45, 2.75) is 11.8 Å². The average molecular weight is 515 g/mol. The molecule has 0 spiro atoms. The van der Waals surface area contributed by atoms with Crippen LogP contribution in [0.15, 0.2) is 64.5 Å². The average Bonchev–Trinajstić information content (AvgIpc) is 2.81. The molecule has 0 saturated carbocycles. The van der Waals surface area contributed by atoms with E-state index in [1.807, 2.05) is 38.1 Å². The van der Waals surface area contributed by atoms with Gasteiger partial charge in [0.2, 0.25) is 16.0 Å². The van der Waals surface area contributed by atoms with Gasteiger partial charge in [0.1, 0.15) is 5.75 Å². The number of guanidine groups is 1. The van der Waals surface area contributed by atoms with E-state index in [9.17, 15) is 13.5 Å². The first-order valence-electron chi connectivity index (χ1n) is 10.9. The first-order chi connectivity index (χ1) is 16.6. The molecule has 0 bridgehead atoms. The Morgan fingerprint density at radius 1 is 1.09 bits per heavy atom. The van der Waals surface area contributed by atoms with Crippen molar-refractivity contribution in [3.05, 3.63) is 65.2 Å². The van der Waals surface area contributed by atoms with Crippen LogP contribution in [-0.4, -0.2) is 51.6 Å². The van der Waals surface area contributed by atoms with Crippen LogP contribution >= 0.6 is 11.6 Å². The second-order valence-corrected chi connectivity index (χ2v) is 10.6. The predicted octanol–water partition coefficient (Wildman–Crippen LogP) is 3.89. The molecule has 0 saturated heterocycles. The zero-order chi connectivity index (χ0) is 25.2. The number of aliphatic imine (C=N–C) groups is 1. The van der Waals surface area contributed by atoms with Crippen molar-refractivity contribution in [2.24, 2.45) is 4.99 Å². The van der Waals surface area contributed by atoms with Crippen LogP contribution < -0.4 is 20.9 Å². The van der Waals surface area contributed by atoms with Gasteiger partial charge in [0, 0.05) is 29.4 Å². The molecule has 1 aliphatic rings. The Morgan fingerprint density at radius 2 is 1.89 bits per heavy atom. The molecule has 0 atom stereocenters. The fourth-order valence-electron chi connectivity index (χ4n) is 3.60. The molecular weight excluding hydrogens is 488 g/mol. The summed E-state index contributed by atoms with van der Waals surface area (Å²) in [5.41, 5.74) is 10.6. The van der Waals surface area contributed by atoms with Crippen molar-refractivity contribution in [1.82, 2.24) is 15.0 Å². The van der Waals surface area contributed by atoms with Gasteiger partial charge in [-0.25, -0.2) is 18.1 Å². The van der Waals surface area contributed by atoms with Crippen LogP contribution in [0.25, 0.3) is 11.1 Å². The molecule has 1 heterocycles. The van der Waals surface area contributed by atoms with Gasteiger partial charge in [-0.05, 0) is 80.7 Å². The van der Waals surface area contributed by atoms with Crippen molar-refractivity contribution in [1.29, 1.82) is 0 Å². The number of likely N-dealkylation sites (N-methyl/N-ethyl adjacent to an activating group) is 1. The lowest BCUT2D eigenvalue weighted by molar-refractivity contribution is 0.412. The molecule has 1 aliphatic heterocycles. The van der Waals surface area contributed by atoms with Gasteiger partial charge in [0.25, 0.3) is 0 Å². The van der Waals surface area contributed by atoms with E-state index in [1.165, 1.54) is 0 Å². The first-order valence-corrected chi connectivity index (χ1v) is 12.7. The van der Waals surface area contributed by atoms with E-state index in [-0.39, 0.29) is 10.6 Å². The first kappa shape index (κ1) is 24.8. The second-order valence-electron chi connectivity index (χ2n) is 8.42. The molecule has 0 radical (unpaired) electrons. The Kier molecular flexibility index (Phi) is 7.18. The number of nitrogens with one attached hydrogen (secondary N) is 4. The summed E-state index contributed by atoms with van der Waals surface area (Å²) in [6.07, 6.45) is 0. The highest BCUT2D eigenvalue weighted by Gasteiger charge is 2.18. The number of benzene rings is 3. The maximum atomic E-state index is 12.6. The van der Waals surface area contributed by atoms with E-state index in [2.05, 4.69) is 25.9 Å². The number of halogens is 1. The third-order valence-corrected chi connectivity index (χ3v) is 7.15. The Balaban J connectivity index is 1.55. The number of rotatable bonds is 7. The molecule has 184 valence electrons. The van der Waals surface area contributed by atoms with Crippen LogP contribution in [0.5, 0.6) is 5.75 Å². The van der Waals surface area contributed by atoms with Crippen LogP contribution in [-0.2, 0) is 10.0 Å². The van der Waals surface area contributed by atoms with Crippen molar-refractivity contribution < 1.29 is 13.5 Å². The SMILES string of the molecule is Cc1cc(-c2cc(O)ccc2Cl)cc2c1N=C(Nc1cccc(S(=O)(=O)NCCN(C)C)c1)NN2. The molecular formula is C24H27ClN6O3S. The summed E-state index contributed by atoms with van der Waals surface area (Å²) in [5.74, 6) is 0.548. The monoisotopic (exact) mass is 514 g/mol. The number of anilines is 2.